The second-order valence-electron chi connectivity index (χ2n) is 2.53. The first-order valence-corrected chi connectivity index (χ1v) is 3.84. The van der Waals surface area contributed by atoms with Crippen molar-refractivity contribution in [3.05, 3.63) is 0 Å². The molecule has 0 atom stereocenters. The molecule has 0 aromatic rings. The summed E-state index contributed by atoms with van der Waals surface area (Å²) in [6.45, 7) is 5.08. The monoisotopic (exact) mass is 161 g/mol. The van der Waals surface area contributed by atoms with Crippen molar-refractivity contribution >= 4 is 0 Å². The van der Waals surface area contributed by atoms with Gasteiger partial charge in [0.1, 0.15) is 0 Å². The summed E-state index contributed by atoms with van der Waals surface area (Å²) in [6, 6.07) is 0. The summed E-state index contributed by atoms with van der Waals surface area (Å²) in [5.41, 5.74) is 0. The first-order valence-electron chi connectivity index (χ1n) is 3.84. The minimum absolute atomic E-state index is 0. The molecular formula is C8H19NO2. The first-order chi connectivity index (χ1) is 4.93. The van der Waals surface area contributed by atoms with E-state index < -0.39 is 0 Å². The second kappa shape index (κ2) is 6.58. The maximum atomic E-state index is 8.54. The van der Waals surface area contributed by atoms with Gasteiger partial charge in [0.15, 0.2) is 0 Å². The molecule has 0 aromatic heterocycles. The minimum atomic E-state index is 0. The van der Waals surface area contributed by atoms with Gasteiger partial charge in [-0.3, -0.25) is 4.90 Å². The highest BCUT2D eigenvalue weighted by Gasteiger charge is 2.08. The van der Waals surface area contributed by atoms with E-state index in [-0.39, 0.29) is 7.43 Å². The van der Waals surface area contributed by atoms with Crippen molar-refractivity contribution in [2.75, 3.05) is 39.5 Å². The zero-order chi connectivity index (χ0) is 7.23. The van der Waals surface area contributed by atoms with E-state index in [1.807, 2.05) is 0 Å². The summed E-state index contributed by atoms with van der Waals surface area (Å²) in [7, 11) is 0. The summed E-state index contributed by atoms with van der Waals surface area (Å²) in [5, 5.41) is 8.54. The number of hydrogen-bond acceptors (Lipinski definition) is 3. The lowest BCUT2D eigenvalue weighted by Crippen LogP contribution is -2.37. The van der Waals surface area contributed by atoms with Gasteiger partial charge < -0.3 is 9.84 Å². The predicted molar refractivity (Wildman–Crippen MR) is 45.7 cm³/mol. The Morgan fingerprint density at radius 1 is 1.27 bits per heavy atom. The average Bonchev–Trinajstić information content (AvgIpc) is 2.03. The van der Waals surface area contributed by atoms with Crippen molar-refractivity contribution in [1.29, 1.82) is 0 Å². The van der Waals surface area contributed by atoms with Crippen LogP contribution in [0, 0.1) is 0 Å². The molecule has 3 heteroatoms. The lowest BCUT2D eigenvalue weighted by Gasteiger charge is -2.25. The number of aliphatic hydroxyl groups excluding tert-OH is 1. The van der Waals surface area contributed by atoms with E-state index in [1.165, 1.54) is 0 Å². The maximum absolute atomic E-state index is 8.54. The SMILES string of the molecule is C.OCCCN1CCOCC1. The first kappa shape index (κ1) is 10.9. The Labute approximate surface area is 69.0 Å². The number of hydrogen-bond donors (Lipinski definition) is 1. The molecule has 1 saturated heterocycles. The van der Waals surface area contributed by atoms with Gasteiger partial charge in [0.25, 0.3) is 0 Å². The normalized spacial score (nSPS) is 19.4. The van der Waals surface area contributed by atoms with E-state index in [4.69, 9.17) is 9.84 Å². The molecule has 0 radical (unpaired) electrons. The van der Waals surface area contributed by atoms with E-state index >= 15 is 0 Å². The quantitative estimate of drug-likeness (QED) is 0.648. The molecule has 1 N–H and O–H groups in total. The van der Waals surface area contributed by atoms with Crippen LogP contribution < -0.4 is 0 Å². The molecule has 1 aliphatic rings. The molecule has 1 fully saturated rings. The molecule has 1 rings (SSSR count). The van der Waals surface area contributed by atoms with E-state index in [0.717, 1.165) is 39.3 Å². The molecule has 0 saturated carbocycles. The van der Waals surface area contributed by atoms with Crippen molar-refractivity contribution in [1.82, 2.24) is 4.90 Å². The van der Waals surface area contributed by atoms with Gasteiger partial charge in [0.2, 0.25) is 0 Å². The Bertz CT molecular complexity index is 82.2. The van der Waals surface area contributed by atoms with Crippen molar-refractivity contribution in [3.63, 3.8) is 0 Å². The molecule has 1 heterocycles. The largest absolute Gasteiger partial charge is 0.396 e. The van der Waals surface area contributed by atoms with Crippen LogP contribution in [0.5, 0.6) is 0 Å². The minimum Gasteiger partial charge on any atom is -0.396 e. The summed E-state index contributed by atoms with van der Waals surface area (Å²) in [5.74, 6) is 0. The van der Waals surface area contributed by atoms with Gasteiger partial charge in [0, 0.05) is 26.2 Å². The van der Waals surface area contributed by atoms with Crippen molar-refractivity contribution < 1.29 is 9.84 Å². The van der Waals surface area contributed by atoms with Crippen LogP contribution in [0.15, 0.2) is 0 Å². The molecule has 68 valence electrons. The van der Waals surface area contributed by atoms with Crippen molar-refractivity contribution in [2.45, 2.75) is 13.8 Å². The molecule has 0 aromatic carbocycles. The number of aliphatic hydroxyl groups is 1. The third-order valence-electron chi connectivity index (χ3n) is 1.74. The molecule has 0 unspecified atom stereocenters. The lowest BCUT2D eigenvalue weighted by atomic mass is 10.3. The molecule has 0 aliphatic carbocycles. The molecule has 11 heavy (non-hydrogen) atoms. The molecule has 0 amide bonds. The molecular weight excluding hydrogens is 142 g/mol. The van der Waals surface area contributed by atoms with E-state index in [1.54, 1.807) is 0 Å². The molecule has 0 spiro atoms. The highest BCUT2D eigenvalue weighted by atomic mass is 16.5. The smallest absolute Gasteiger partial charge is 0.0594 e. The van der Waals surface area contributed by atoms with Gasteiger partial charge >= 0.3 is 0 Å². The van der Waals surface area contributed by atoms with Gasteiger partial charge in [-0.1, -0.05) is 7.43 Å². The van der Waals surface area contributed by atoms with Crippen LogP contribution in [-0.2, 0) is 4.74 Å². The van der Waals surface area contributed by atoms with Gasteiger partial charge in [-0.05, 0) is 6.42 Å². The van der Waals surface area contributed by atoms with Crippen LogP contribution >= 0.6 is 0 Å². The highest BCUT2D eigenvalue weighted by Crippen LogP contribution is 1.96. The zero-order valence-corrected chi connectivity index (χ0v) is 6.25. The second-order valence-corrected chi connectivity index (χ2v) is 2.53. The van der Waals surface area contributed by atoms with Crippen molar-refractivity contribution in [3.8, 4) is 0 Å². The Morgan fingerprint density at radius 3 is 2.45 bits per heavy atom. The summed E-state index contributed by atoms with van der Waals surface area (Å²) in [4.78, 5) is 2.32. The van der Waals surface area contributed by atoms with Gasteiger partial charge in [0.05, 0.1) is 13.2 Å². The number of ether oxygens (including phenoxy) is 1. The third-order valence-corrected chi connectivity index (χ3v) is 1.74. The Balaban J connectivity index is 0.000001000. The molecule has 1 aliphatic heterocycles. The van der Waals surface area contributed by atoms with E-state index in [9.17, 15) is 0 Å². The molecule has 3 nitrogen and oxygen atoms in total. The predicted octanol–water partition coefficient (Wildman–Crippen LogP) is 0.337. The van der Waals surface area contributed by atoms with Crippen LogP contribution in [0.25, 0.3) is 0 Å². The van der Waals surface area contributed by atoms with E-state index in [2.05, 4.69) is 4.90 Å². The van der Waals surface area contributed by atoms with Crippen LogP contribution in [0.1, 0.15) is 13.8 Å². The van der Waals surface area contributed by atoms with Crippen molar-refractivity contribution in [2.24, 2.45) is 0 Å². The Kier molecular flexibility index (Phi) is 6.51. The number of morpholine rings is 1. The third kappa shape index (κ3) is 4.35. The maximum Gasteiger partial charge on any atom is 0.0594 e. The van der Waals surface area contributed by atoms with Crippen LogP contribution in [-0.4, -0.2) is 49.5 Å². The highest BCUT2D eigenvalue weighted by molar-refractivity contribution is 4.60. The van der Waals surface area contributed by atoms with Crippen LogP contribution in [0.3, 0.4) is 0 Å². The Morgan fingerprint density at radius 2 is 1.91 bits per heavy atom. The molecule has 0 bridgehead atoms. The standard InChI is InChI=1S/C7H15NO2.CH4/c9-5-1-2-8-3-6-10-7-4-8;/h9H,1-7H2;1H4. The summed E-state index contributed by atoms with van der Waals surface area (Å²) < 4.78 is 5.18. The van der Waals surface area contributed by atoms with Gasteiger partial charge in [-0.2, -0.15) is 0 Å². The van der Waals surface area contributed by atoms with Gasteiger partial charge in [-0.25, -0.2) is 0 Å². The topological polar surface area (TPSA) is 32.7 Å². The van der Waals surface area contributed by atoms with Crippen LogP contribution in [0.2, 0.25) is 0 Å². The fourth-order valence-corrected chi connectivity index (χ4v) is 1.12. The lowest BCUT2D eigenvalue weighted by molar-refractivity contribution is 0.0353. The summed E-state index contributed by atoms with van der Waals surface area (Å²) >= 11 is 0. The summed E-state index contributed by atoms with van der Waals surface area (Å²) in [6.07, 6.45) is 0.889. The number of rotatable bonds is 3. The average molecular weight is 161 g/mol. The zero-order valence-electron chi connectivity index (χ0n) is 6.25. The van der Waals surface area contributed by atoms with E-state index in [0.29, 0.717) is 6.61 Å². The fraction of sp³-hybridized carbons (Fsp3) is 1.00. The van der Waals surface area contributed by atoms with Gasteiger partial charge in [-0.15, -0.1) is 0 Å². The number of nitrogens with zero attached hydrogens (tertiary/aromatic N) is 1. The van der Waals surface area contributed by atoms with Crippen LogP contribution in [0.4, 0.5) is 0 Å². The fourth-order valence-electron chi connectivity index (χ4n) is 1.12. The Hall–Kier alpha value is -0.120.